The molecule has 2 aliphatic carbocycles. The molecular formula is C13H22O2. The lowest BCUT2D eigenvalue weighted by Crippen LogP contribution is -2.50. The molecule has 0 aromatic heterocycles. The van der Waals surface area contributed by atoms with Gasteiger partial charge in [-0.05, 0) is 30.8 Å². The molecule has 0 amide bonds. The second-order valence-electron chi connectivity index (χ2n) is 5.06. The van der Waals surface area contributed by atoms with Crippen LogP contribution in [0.15, 0.2) is 11.1 Å². The van der Waals surface area contributed by atoms with Gasteiger partial charge in [0, 0.05) is 20.1 Å². The van der Waals surface area contributed by atoms with Crippen LogP contribution in [0.3, 0.4) is 0 Å². The standard InChI is InChI=1S/C13H22O2/c1-9(2)12-10-6-5-7-13(10,15-4)11(12)8-14-3/h9-10H,5-8H2,1-4H3. The van der Waals surface area contributed by atoms with Gasteiger partial charge >= 0.3 is 0 Å². The van der Waals surface area contributed by atoms with Crippen molar-refractivity contribution in [1.82, 2.24) is 0 Å². The monoisotopic (exact) mass is 210 g/mol. The molecule has 86 valence electrons. The van der Waals surface area contributed by atoms with Crippen LogP contribution in [0.2, 0.25) is 0 Å². The van der Waals surface area contributed by atoms with Crippen molar-refractivity contribution in [3.8, 4) is 0 Å². The average molecular weight is 210 g/mol. The zero-order valence-corrected chi connectivity index (χ0v) is 10.3. The Morgan fingerprint density at radius 2 is 2.13 bits per heavy atom. The first kappa shape index (κ1) is 11.2. The average Bonchev–Trinajstić information content (AvgIpc) is 2.54. The molecule has 2 nitrogen and oxygen atoms in total. The summed E-state index contributed by atoms with van der Waals surface area (Å²) < 4.78 is 11.1. The van der Waals surface area contributed by atoms with Gasteiger partial charge in [0.15, 0.2) is 0 Å². The second kappa shape index (κ2) is 3.91. The van der Waals surface area contributed by atoms with Crippen molar-refractivity contribution in [2.45, 2.75) is 38.7 Å². The van der Waals surface area contributed by atoms with Crippen LogP contribution < -0.4 is 0 Å². The van der Waals surface area contributed by atoms with E-state index in [0.717, 1.165) is 6.61 Å². The summed E-state index contributed by atoms with van der Waals surface area (Å²) in [6.07, 6.45) is 3.78. The summed E-state index contributed by atoms with van der Waals surface area (Å²) in [5, 5.41) is 0. The molecule has 0 heterocycles. The molecule has 15 heavy (non-hydrogen) atoms. The highest BCUT2D eigenvalue weighted by molar-refractivity contribution is 5.44. The van der Waals surface area contributed by atoms with E-state index in [1.807, 2.05) is 7.11 Å². The Balaban J connectivity index is 2.32. The van der Waals surface area contributed by atoms with Gasteiger partial charge < -0.3 is 9.47 Å². The summed E-state index contributed by atoms with van der Waals surface area (Å²) in [7, 11) is 3.63. The van der Waals surface area contributed by atoms with E-state index in [2.05, 4.69) is 13.8 Å². The van der Waals surface area contributed by atoms with E-state index in [4.69, 9.17) is 9.47 Å². The summed E-state index contributed by atoms with van der Waals surface area (Å²) in [5.41, 5.74) is 3.09. The molecule has 0 N–H and O–H groups in total. The molecule has 0 bridgehead atoms. The Bertz CT molecular complexity index is 280. The topological polar surface area (TPSA) is 18.5 Å². The first-order chi connectivity index (χ1) is 7.17. The Kier molecular flexibility index (Phi) is 2.91. The Hall–Kier alpha value is -0.340. The Labute approximate surface area is 92.6 Å². The largest absolute Gasteiger partial charge is 0.380 e. The first-order valence-corrected chi connectivity index (χ1v) is 5.95. The molecule has 1 fully saturated rings. The fraction of sp³-hybridized carbons (Fsp3) is 0.846. The third kappa shape index (κ3) is 1.38. The molecule has 2 unspecified atom stereocenters. The van der Waals surface area contributed by atoms with Crippen LogP contribution in [-0.4, -0.2) is 26.4 Å². The lowest BCUT2D eigenvalue weighted by molar-refractivity contribution is -0.0377. The van der Waals surface area contributed by atoms with Crippen molar-refractivity contribution >= 4 is 0 Å². The highest BCUT2D eigenvalue weighted by Gasteiger charge is 2.56. The van der Waals surface area contributed by atoms with Crippen LogP contribution in [0.4, 0.5) is 0 Å². The van der Waals surface area contributed by atoms with Crippen molar-refractivity contribution in [3.63, 3.8) is 0 Å². The number of hydrogen-bond donors (Lipinski definition) is 0. The predicted molar refractivity (Wildman–Crippen MR) is 60.8 cm³/mol. The maximum Gasteiger partial charge on any atom is 0.0977 e. The Morgan fingerprint density at radius 3 is 2.67 bits per heavy atom. The van der Waals surface area contributed by atoms with E-state index in [0.29, 0.717) is 11.8 Å². The van der Waals surface area contributed by atoms with Crippen LogP contribution in [-0.2, 0) is 9.47 Å². The van der Waals surface area contributed by atoms with E-state index in [-0.39, 0.29) is 5.60 Å². The second-order valence-corrected chi connectivity index (χ2v) is 5.06. The van der Waals surface area contributed by atoms with Crippen molar-refractivity contribution in [1.29, 1.82) is 0 Å². The zero-order valence-electron chi connectivity index (χ0n) is 10.3. The summed E-state index contributed by atoms with van der Waals surface area (Å²) in [4.78, 5) is 0. The molecule has 2 rings (SSSR count). The maximum atomic E-state index is 5.81. The van der Waals surface area contributed by atoms with Crippen LogP contribution >= 0.6 is 0 Å². The van der Waals surface area contributed by atoms with E-state index >= 15 is 0 Å². The van der Waals surface area contributed by atoms with E-state index in [1.165, 1.54) is 24.8 Å². The van der Waals surface area contributed by atoms with Crippen LogP contribution in [0.25, 0.3) is 0 Å². The Morgan fingerprint density at radius 1 is 1.40 bits per heavy atom. The summed E-state index contributed by atoms with van der Waals surface area (Å²) in [6.45, 7) is 5.31. The molecule has 0 radical (unpaired) electrons. The van der Waals surface area contributed by atoms with Gasteiger partial charge in [0.1, 0.15) is 0 Å². The van der Waals surface area contributed by atoms with Crippen LogP contribution in [0.5, 0.6) is 0 Å². The van der Waals surface area contributed by atoms with Gasteiger partial charge in [0.2, 0.25) is 0 Å². The maximum absolute atomic E-state index is 5.81. The van der Waals surface area contributed by atoms with Crippen molar-refractivity contribution < 1.29 is 9.47 Å². The molecule has 0 aromatic carbocycles. The number of hydrogen-bond acceptors (Lipinski definition) is 2. The van der Waals surface area contributed by atoms with Gasteiger partial charge in [0.25, 0.3) is 0 Å². The number of rotatable bonds is 4. The number of methoxy groups -OCH3 is 2. The summed E-state index contributed by atoms with van der Waals surface area (Å²) in [6, 6.07) is 0. The quantitative estimate of drug-likeness (QED) is 0.664. The van der Waals surface area contributed by atoms with Gasteiger partial charge in [-0.2, -0.15) is 0 Å². The third-order valence-electron chi connectivity index (χ3n) is 4.11. The van der Waals surface area contributed by atoms with Crippen molar-refractivity contribution in [2.24, 2.45) is 11.8 Å². The number of fused-ring (bicyclic) bond motifs is 1. The fourth-order valence-corrected chi connectivity index (χ4v) is 3.59. The number of ether oxygens (including phenoxy) is 2. The molecule has 0 saturated heterocycles. The molecule has 0 aliphatic heterocycles. The smallest absolute Gasteiger partial charge is 0.0977 e. The predicted octanol–water partition coefficient (Wildman–Crippen LogP) is 2.78. The molecular weight excluding hydrogens is 188 g/mol. The van der Waals surface area contributed by atoms with Crippen molar-refractivity contribution in [2.75, 3.05) is 20.8 Å². The fourth-order valence-electron chi connectivity index (χ4n) is 3.59. The molecule has 0 spiro atoms. The van der Waals surface area contributed by atoms with Crippen molar-refractivity contribution in [3.05, 3.63) is 11.1 Å². The minimum atomic E-state index is 0.0512. The molecule has 1 saturated carbocycles. The van der Waals surface area contributed by atoms with E-state index < -0.39 is 0 Å². The highest BCUT2D eigenvalue weighted by atomic mass is 16.5. The minimum absolute atomic E-state index is 0.0512. The molecule has 2 atom stereocenters. The first-order valence-electron chi connectivity index (χ1n) is 5.95. The SMILES string of the molecule is COCC1=C(C(C)C)C2CCCC12OC. The van der Waals surface area contributed by atoms with Gasteiger partial charge in [0.05, 0.1) is 12.2 Å². The summed E-state index contributed by atoms with van der Waals surface area (Å²) >= 11 is 0. The lowest BCUT2D eigenvalue weighted by atomic mass is 9.62. The zero-order chi connectivity index (χ0) is 11.1. The minimum Gasteiger partial charge on any atom is -0.380 e. The van der Waals surface area contributed by atoms with E-state index in [9.17, 15) is 0 Å². The molecule has 0 aromatic rings. The van der Waals surface area contributed by atoms with Gasteiger partial charge in [-0.25, -0.2) is 0 Å². The molecule has 2 aliphatic rings. The van der Waals surface area contributed by atoms with E-state index in [1.54, 1.807) is 12.7 Å². The highest BCUT2D eigenvalue weighted by Crippen LogP contribution is 2.58. The normalized spacial score (nSPS) is 34.6. The van der Waals surface area contributed by atoms with Crippen LogP contribution in [0.1, 0.15) is 33.1 Å². The van der Waals surface area contributed by atoms with Crippen LogP contribution in [0, 0.1) is 11.8 Å². The van der Waals surface area contributed by atoms with Gasteiger partial charge in [-0.1, -0.05) is 19.4 Å². The lowest BCUT2D eigenvalue weighted by Gasteiger charge is -2.49. The summed E-state index contributed by atoms with van der Waals surface area (Å²) in [5.74, 6) is 1.31. The third-order valence-corrected chi connectivity index (χ3v) is 4.11. The molecule has 2 heteroatoms. The van der Waals surface area contributed by atoms with Gasteiger partial charge in [-0.15, -0.1) is 0 Å². The van der Waals surface area contributed by atoms with Gasteiger partial charge in [-0.3, -0.25) is 0 Å².